The van der Waals surface area contributed by atoms with Crippen LogP contribution in [0.5, 0.6) is 0 Å². The van der Waals surface area contributed by atoms with E-state index in [1.165, 1.54) is 16.2 Å². The van der Waals surface area contributed by atoms with Crippen molar-refractivity contribution in [3.05, 3.63) is 46.3 Å². The SMILES string of the molecule is CN1CCN(C(=O)CN(C)C(=O)c2ccc(-c3ccc(Cl)cc3)s2)CC1. The van der Waals surface area contributed by atoms with Crippen LogP contribution >= 0.6 is 22.9 Å². The van der Waals surface area contributed by atoms with Gasteiger partial charge in [0.15, 0.2) is 0 Å². The van der Waals surface area contributed by atoms with E-state index in [0.717, 1.165) is 36.6 Å². The Morgan fingerprint density at radius 2 is 1.73 bits per heavy atom. The number of amides is 2. The lowest BCUT2D eigenvalue weighted by molar-refractivity contribution is -0.133. The second-order valence-electron chi connectivity index (χ2n) is 6.52. The molecule has 1 aliphatic rings. The Morgan fingerprint density at radius 3 is 2.38 bits per heavy atom. The number of hydrogen-bond acceptors (Lipinski definition) is 4. The molecule has 2 amide bonds. The van der Waals surface area contributed by atoms with Crippen LogP contribution in [0, 0.1) is 0 Å². The molecule has 2 aromatic rings. The molecule has 0 unspecified atom stereocenters. The van der Waals surface area contributed by atoms with Crippen LogP contribution in [-0.2, 0) is 4.79 Å². The van der Waals surface area contributed by atoms with E-state index >= 15 is 0 Å². The molecule has 1 fully saturated rings. The minimum Gasteiger partial charge on any atom is -0.339 e. The molecule has 1 aromatic carbocycles. The van der Waals surface area contributed by atoms with Gasteiger partial charge in [-0.2, -0.15) is 0 Å². The van der Waals surface area contributed by atoms with Gasteiger partial charge in [0.05, 0.1) is 11.4 Å². The summed E-state index contributed by atoms with van der Waals surface area (Å²) in [6.45, 7) is 3.29. The second kappa shape index (κ2) is 8.20. The minimum atomic E-state index is -0.127. The average Bonchev–Trinajstić information content (AvgIpc) is 3.12. The molecule has 1 saturated heterocycles. The third-order valence-corrected chi connectivity index (χ3v) is 5.89. The van der Waals surface area contributed by atoms with E-state index in [2.05, 4.69) is 4.90 Å². The van der Waals surface area contributed by atoms with E-state index in [9.17, 15) is 9.59 Å². The molecule has 0 spiro atoms. The number of hydrogen-bond donors (Lipinski definition) is 0. The fourth-order valence-corrected chi connectivity index (χ4v) is 3.97. The van der Waals surface area contributed by atoms with Crippen molar-refractivity contribution in [1.29, 1.82) is 0 Å². The molecule has 0 aliphatic carbocycles. The highest BCUT2D eigenvalue weighted by atomic mass is 35.5. The Hall–Kier alpha value is -1.89. The first-order chi connectivity index (χ1) is 12.4. The lowest BCUT2D eigenvalue weighted by atomic mass is 10.2. The molecule has 5 nitrogen and oxygen atoms in total. The molecule has 0 N–H and O–H groups in total. The monoisotopic (exact) mass is 391 g/mol. The maximum Gasteiger partial charge on any atom is 0.264 e. The highest BCUT2D eigenvalue weighted by molar-refractivity contribution is 7.17. The molecule has 0 saturated carbocycles. The summed E-state index contributed by atoms with van der Waals surface area (Å²) in [4.78, 5) is 32.2. The van der Waals surface area contributed by atoms with Crippen molar-refractivity contribution in [2.24, 2.45) is 0 Å². The summed E-state index contributed by atoms with van der Waals surface area (Å²) < 4.78 is 0. The predicted octanol–water partition coefficient (Wildman–Crippen LogP) is 2.91. The largest absolute Gasteiger partial charge is 0.339 e. The Kier molecular flexibility index (Phi) is 5.96. The van der Waals surface area contributed by atoms with Gasteiger partial charge in [-0.15, -0.1) is 11.3 Å². The van der Waals surface area contributed by atoms with E-state index in [1.54, 1.807) is 7.05 Å². The van der Waals surface area contributed by atoms with Gasteiger partial charge in [-0.3, -0.25) is 9.59 Å². The smallest absolute Gasteiger partial charge is 0.264 e. The number of carbonyl (C=O) groups is 2. The molecule has 26 heavy (non-hydrogen) atoms. The topological polar surface area (TPSA) is 43.9 Å². The van der Waals surface area contributed by atoms with Gasteiger partial charge in [-0.1, -0.05) is 23.7 Å². The molecule has 1 aromatic heterocycles. The Morgan fingerprint density at radius 1 is 1.08 bits per heavy atom. The number of thiophene rings is 1. The van der Waals surface area contributed by atoms with Crippen molar-refractivity contribution in [2.75, 3.05) is 46.8 Å². The Labute approximate surface area is 162 Å². The van der Waals surface area contributed by atoms with E-state index in [0.29, 0.717) is 9.90 Å². The minimum absolute atomic E-state index is 0.00318. The second-order valence-corrected chi connectivity index (χ2v) is 8.04. The van der Waals surface area contributed by atoms with Crippen molar-refractivity contribution in [1.82, 2.24) is 14.7 Å². The van der Waals surface area contributed by atoms with Gasteiger partial charge in [-0.25, -0.2) is 0 Å². The van der Waals surface area contributed by atoms with Crippen LogP contribution in [0.3, 0.4) is 0 Å². The molecule has 0 radical (unpaired) electrons. The van der Waals surface area contributed by atoms with Gasteiger partial charge in [0.2, 0.25) is 5.91 Å². The maximum atomic E-state index is 12.7. The number of likely N-dealkylation sites (N-methyl/N-ethyl adjacent to an activating group) is 2. The summed E-state index contributed by atoms with van der Waals surface area (Å²) in [6, 6.07) is 11.3. The summed E-state index contributed by atoms with van der Waals surface area (Å²) in [7, 11) is 3.73. The normalized spacial score (nSPS) is 15.1. The first kappa shape index (κ1) is 18.9. The summed E-state index contributed by atoms with van der Waals surface area (Å²) in [6.07, 6.45) is 0. The summed E-state index contributed by atoms with van der Waals surface area (Å²) in [5, 5.41) is 0.684. The van der Waals surface area contributed by atoms with Gasteiger partial charge in [0, 0.05) is 43.1 Å². The van der Waals surface area contributed by atoms with Crippen molar-refractivity contribution >= 4 is 34.8 Å². The quantitative estimate of drug-likeness (QED) is 0.804. The molecule has 0 bridgehead atoms. The van der Waals surface area contributed by atoms with Gasteiger partial charge in [0.25, 0.3) is 5.91 Å². The number of halogens is 1. The lowest BCUT2D eigenvalue weighted by Gasteiger charge is -2.33. The zero-order valence-electron chi connectivity index (χ0n) is 14.9. The van der Waals surface area contributed by atoms with Crippen LogP contribution in [0.4, 0.5) is 0 Å². The van der Waals surface area contributed by atoms with Gasteiger partial charge in [-0.05, 0) is 36.9 Å². The average molecular weight is 392 g/mol. The van der Waals surface area contributed by atoms with Crippen molar-refractivity contribution < 1.29 is 9.59 Å². The van der Waals surface area contributed by atoms with Crippen LogP contribution in [0.15, 0.2) is 36.4 Å². The maximum absolute atomic E-state index is 12.7. The Balaban J connectivity index is 1.61. The van der Waals surface area contributed by atoms with Gasteiger partial charge < -0.3 is 14.7 Å². The van der Waals surface area contributed by atoms with Crippen molar-refractivity contribution in [3.8, 4) is 10.4 Å². The third-order valence-electron chi connectivity index (χ3n) is 4.52. The number of rotatable bonds is 4. The van der Waals surface area contributed by atoms with Gasteiger partial charge >= 0.3 is 0 Å². The lowest BCUT2D eigenvalue weighted by Crippen LogP contribution is -2.50. The van der Waals surface area contributed by atoms with E-state index in [4.69, 9.17) is 11.6 Å². The molecule has 3 rings (SSSR count). The van der Waals surface area contributed by atoms with Crippen molar-refractivity contribution in [2.45, 2.75) is 0 Å². The standard InChI is InChI=1S/C19H22ClN3O2S/c1-21-9-11-23(12-10-21)18(24)13-22(2)19(25)17-8-7-16(26-17)14-3-5-15(20)6-4-14/h3-8H,9-13H2,1-2H3. The van der Waals surface area contributed by atoms with Crippen LogP contribution < -0.4 is 0 Å². The summed E-state index contributed by atoms with van der Waals surface area (Å²) in [5.74, 6) is -0.124. The molecular weight excluding hydrogens is 370 g/mol. The fraction of sp³-hybridized carbons (Fsp3) is 0.368. The first-order valence-corrected chi connectivity index (χ1v) is 9.71. The van der Waals surface area contributed by atoms with Crippen LogP contribution in [0.1, 0.15) is 9.67 Å². The molecule has 7 heteroatoms. The highest BCUT2D eigenvalue weighted by Crippen LogP contribution is 2.29. The van der Waals surface area contributed by atoms with E-state index < -0.39 is 0 Å². The van der Waals surface area contributed by atoms with E-state index in [-0.39, 0.29) is 18.4 Å². The number of carbonyl (C=O) groups excluding carboxylic acids is 2. The Bertz CT molecular complexity index is 782. The van der Waals surface area contributed by atoms with Gasteiger partial charge in [0.1, 0.15) is 0 Å². The van der Waals surface area contributed by atoms with E-state index in [1.807, 2.05) is 48.3 Å². The predicted molar refractivity (Wildman–Crippen MR) is 106 cm³/mol. The molecule has 138 valence electrons. The first-order valence-electron chi connectivity index (χ1n) is 8.51. The zero-order chi connectivity index (χ0) is 18.7. The van der Waals surface area contributed by atoms with Crippen LogP contribution in [0.25, 0.3) is 10.4 Å². The molecule has 0 atom stereocenters. The van der Waals surface area contributed by atoms with Crippen LogP contribution in [0.2, 0.25) is 5.02 Å². The fourth-order valence-electron chi connectivity index (χ4n) is 2.84. The van der Waals surface area contributed by atoms with Crippen LogP contribution in [-0.4, -0.2) is 73.3 Å². The molecule has 1 aliphatic heterocycles. The summed E-state index contributed by atoms with van der Waals surface area (Å²) >= 11 is 7.35. The number of piperazine rings is 1. The number of nitrogens with zero attached hydrogens (tertiary/aromatic N) is 3. The number of benzene rings is 1. The molecular formula is C19H22ClN3O2S. The molecule has 2 heterocycles. The zero-order valence-corrected chi connectivity index (χ0v) is 16.5. The third kappa shape index (κ3) is 4.44. The summed E-state index contributed by atoms with van der Waals surface area (Å²) in [5.41, 5.74) is 1.02. The highest BCUT2D eigenvalue weighted by Gasteiger charge is 2.23. The van der Waals surface area contributed by atoms with Crippen molar-refractivity contribution in [3.63, 3.8) is 0 Å².